The molecule has 6 nitrogen and oxygen atoms in total. The van der Waals surface area contributed by atoms with E-state index >= 15 is 0 Å². The number of para-hydroxylation sites is 1. The summed E-state index contributed by atoms with van der Waals surface area (Å²) in [6.07, 6.45) is 6.61. The molecule has 0 bridgehead atoms. The van der Waals surface area contributed by atoms with Crippen LogP contribution < -0.4 is 15.4 Å². The maximum atomic E-state index is 12.9. The van der Waals surface area contributed by atoms with Crippen LogP contribution in [-0.2, 0) is 11.3 Å². The highest BCUT2D eigenvalue weighted by Gasteiger charge is 2.30. The highest BCUT2D eigenvalue weighted by molar-refractivity contribution is 6.04. The number of rotatable bonds is 9. The SMILES string of the molecule is COc1ccc(CN(CC(=O)Nc2ccccc2C(=O)NC2CCCC2)C2CC2)cc1. The molecule has 2 aliphatic rings. The van der Waals surface area contributed by atoms with Gasteiger partial charge in [-0.05, 0) is 55.5 Å². The van der Waals surface area contributed by atoms with Crippen LogP contribution >= 0.6 is 0 Å². The Morgan fingerprint density at radius 3 is 2.39 bits per heavy atom. The van der Waals surface area contributed by atoms with Gasteiger partial charge >= 0.3 is 0 Å². The van der Waals surface area contributed by atoms with E-state index in [1.54, 1.807) is 19.2 Å². The average Bonchev–Trinajstić information content (AvgIpc) is 3.51. The first-order valence-electron chi connectivity index (χ1n) is 11.2. The Balaban J connectivity index is 1.38. The topological polar surface area (TPSA) is 70.7 Å². The molecule has 2 amide bonds. The summed E-state index contributed by atoms with van der Waals surface area (Å²) in [7, 11) is 1.65. The van der Waals surface area contributed by atoms with E-state index < -0.39 is 0 Å². The first-order chi connectivity index (χ1) is 15.1. The zero-order valence-corrected chi connectivity index (χ0v) is 18.1. The number of nitrogens with zero attached hydrogens (tertiary/aromatic N) is 1. The van der Waals surface area contributed by atoms with Crippen molar-refractivity contribution >= 4 is 17.5 Å². The Bertz CT molecular complexity index is 902. The van der Waals surface area contributed by atoms with E-state index in [4.69, 9.17) is 4.74 Å². The molecule has 0 heterocycles. The maximum Gasteiger partial charge on any atom is 0.253 e. The second kappa shape index (κ2) is 9.96. The third-order valence-electron chi connectivity index (χ3n) is 6.09. The molecule has 6 heteroatoms. The summed E-state index contributed by atoms with van der Waals surface area (Å²) in [5.41, 5.74) is 2.25. The number of amides is 2. The number of anilines is 1. The molecule has 2 aromatic carbocycles. The molecule has 164 valence electrons. The van der Waals surface area contributed by atoms with Crippen LogP contribution in [0.3, 0.4) is 0 Å². The summed E-state index contributed by atoms with van der Waals surface area (Å²) < 4.78 is 5.23. The molecule has 2 aliphatic carbocycles. The number of methoxy groups -OCH3 is 1. The standard InChI is InChI=1S/C25H31N3O3/c1-31-21-14-10-18(11-15-21)16-28(20-12-13-20)17-24(29)27-23-9-5-4-8-22(23)25(30)26-19-6-2-3-7-19/h4-5,8-11,14-15,19-20H,2-3,6-7,12-13,16-17H2,1H3,(H,26,30)(H,27,29). The van der Waals surface area contributed by atoms with Gasteiger partial charge in [-0.15, -0.1) is 0 Å². The first-order valence-corrected chi connectivity index (χ1v) is 11.2. The molecule has 0 aliphatic heterocycles. The van der Waals surface area contributed by atoms with Gasteiger partial charge in [0.15, 0.2) is 0 Å². The molecular weight excluding hydrogens is 390 g/mol. The normalized spacial score (nSPS) is 16.3. The minimum atomic E-state index is -0.111. The van der Waals surface area contributed by atoms with Gasteiger partial charge in [0.2, 0.25) is 5.91 Å². The van der Waals surface area contributed by atoms with Crippen molar-refractivity contribution in [3.8, 4) is 5.75 Å². The van der Waals surface area contributed by atoms with Gasteiger partial charge in [0.1, 0.15) is 5.75 Å². The van der Waals surface area contributed by atoms with E-state index in [0.717, 1.165) is 49.8 Å². The van der Waals surface area contributed by atoms with Crippen molar-refractivity contribution in [2.75, 3.05) is 19.0 Å². The van der Waals surface area contributed by atoms with Gasteiger partial charge in [-0.3, -0.25) is 14.5 Å². The molecular formula is C25H31N3O3. The lowest BCUT2D eigenvalue weighted by Gasteiger charge is -2.22. The molecule has 2 fully saturated rings. The van der Waals surface area contributed by atoms with Gasteiger partial charge < -0.3 is 15.4 Å². The van der Waals surface area contributed by atoms with Crippen LogP contribution in [0.15, 0.2) is 48.5 Å². The number of ether oxygens (including phenoxy) is 1. The lowest BCUT2D eigenvalue weighted by atomic mass is 10.1. The van der Waals surface area contributed by atoms with Crippen molar-refractivity contribution in [1.29, 1.82) is 0 Å². The molecule has 0 unspecified atom stereocenters. The van der Waals surface area contributed by atoms with Crippen molar-refractivity contribution in [3.63, 3.8) is 0 Å². The number of hydrogen-bond donors (Lipinski definition) is 2. The summed E-state index contributed by atoms with van der Waals surface area (Å²) in [6.45, 7) is 1.02. The van der Waals surface area contributed by atoms with Gasteiger partial charge in [0, 0.05) is 18.6 Å². The summed E-state index contributed by atoms with van der Waals surface area (Å²) in [5.74, 6) is 0.619. The number of benzene rings is 2. The largest absolute Gasteiger partial charge is 0.497 e. The van der Waals surface area contributed by atoms with E-state index in [1.165, 1.54) is 0 Å². The Kier molecular flexibility index (Phi) is 6.87. The second-order valence-electron chi connectivity index (χ2n) is 8.53. The smallest absolute Gasteiger partial charge is 0.253 e. The zero-order chi connectivity index (χ0) is 21.6. The highest BCUT2D eigenvalue weighted by atomic mass is 16.5. The summed E-state index contributed by atoms with van der Waals surface area (Å²) in [6, 6.07) is 15.9. The molecule has 4 rings (SSSR count). The van der Waals surface area contributed by atoms with Gasteiger partial charge in [0.25, 0.3) is 5.91 Å². The van der Waals surface area contributed by atoms with Crippen molar-refractivity contribution in [1.82, 2.24) is 10.2 Å². The van der Waals surface area contributed by atoms with Crippen LogP contribution in [0.4, 0.5) is 5.69 Å². The molecule has 2 N–H and O–H groups in total. The summed E-state index contributed by atoms with van der Waals surface area (Å²) in [4.78, 5) is 27.8. The summed E-state index contributed by atoms with van der Waals surface area (Å²) in [5, 5.41) is 6.08. The Morgan fingerprint density at radius 2 is 1.71 bits per heavy atom. The minimum absolute atomic E-state index is 0.0958. The van der Waals surface area contributed by atoms with Gasteiger partial charge in [-0.1, -0.05) is 37.1 Å². The molecule has 2 aromatic rings. The zero-order valence-electron chi connectivity index (χ0n) is 18.1. The van der Waals surface area contributed by atoms with Crippen LogP contribution in [0.1, 0.15) is 54.4 Å². The monoisotopic (exact) mass is 421 g/mol. The van der Waals surface area contributed by atoms with Crippen molar-refractivity contribution in [2.24, 2.45) is 0 Å². The van der Waals surface area contributed by atoms with Crippen molar-refractivity contribution in [3.05, 3.63) is 59.7 Å². The van der Waals surface area contributed by atoms with Crippen molar-refractivity contribution < 1.29 is 14.3 Å². The maximum absolute atomic E-state index is 12.9. The minimum Gasteiger partial charge on any atom is -0.497 e. The Hall–Kier alpha value is -2.86. The molecule has 0 radical (unpaired) electrons. The average molecular weight is 422 g/mol. The number of hydrogen-bond acceptors (Lipinski definition) is 4. The number of carbonyl (C=O) groups excluding carboxylic acids is 2. The summed E-state index contributed by atoms with van der Waals surface area (Å²) >= 11 is 0. The Labute approximate surface area is 184 Å². The molecule has 0 spiro atoms. The van der Waals surface area contributed by atoms with Gasteiger partial charge in [-0.25, -0.2) is 0 Å². The van der Waals surface area contributed by atoms with Crippen LogP contribution in [0, 0.1) is 0 Å². The third-order valence-corrected chi connectivity index (χ3v) is 6.09. The molecule has 31 heavy (non-hydrogen) atoms. The molecule has 0 saturated heterocycles. The fraction of sp³-hybridized carbons (Fsp3) is 0.440. The van der Waals surface area contributed by atoms with Crippen LogP contribution in [0.25, 0.3) is 0 Å². The van der Waals surface area contributed by atoms with Gasteiger partial charge in [-0.2, -0.15) is 0 Å². The van der Waals surface area contributed by atoms with E-state index in [-0.39, 0.29) is 17.9 Å². The lowest BCUT2D eigenvalue weighted by molar-refractivity contribution is -0.117. The van der Waals surface area contributed by atoms with Crippen LogP contribution in [0.5, 0.6) is 5.75 Å². The fourth-order valence-corrected chi connectivity index (χ4v) is 4.22. The molecule has 2 saturated carbocycles. The van der Waals surface area contributed by atoms with Crippen LogP contribution in [0.2, 0.25) is 0 Å². The quantitative estimate of drug-likeness (QED) is 0.643. The van der Waals surface area contributed by atoms with Crippen molar-refractivity contribution in [2.45, 2.75) is 57.2 Å². The fourth-order valence-electron chi connectivity index (χ4n) is 4.22. The van der Waals surface area contributed by atoms with E-state index in [0.29, 0.717) is 30.4 Å². The van der Waals surface area contributed by atoms with E-state index in [2.05, 4.69) is 15.5 Å². The predicted octanol–water partition coefficient (Wildman–Crippen LogP) is 3.97. The second-order valence-corrected chi connectivity index (χ2v) is 8.53. The third kappa shape index (κ3) is 5.85. The highest BCUT2D eigenvalue weighted by Crippen LogP contribution is 2.29. The van der Waals surface area contributed by atoms with E-state index in [1.807, 2.05) is 36.4 Å². The number of nitrogens with one attached hydrogen (secondary N) is 2. The Morgan fingerprint density at radius 1 is 1.00 bits per heavy atom. The van der Waals surface area contributed by atoms with Crippen LogP contribution in [-0.4, -0.2) is 42.5 Å². The molecule has 0 aromatic heterocycles. The lowest BCUT2D eigenvalue weighted by Crippen LogP contribution is -2.36. The van der Waals surface area contributed by atoms with Gasteiger partial charge in [0.05, 0.1) is 24.9 Å². The van der Waals surface area contributed by atoms with E-state index in [9.17, 15) is 9.59 Å². The molecule has 0 atom stereocenters. The number of carbonyl (C=O) groups is 2. The first kappa shape index (κ1) is 21.4. The predicted molar refractivity (Wildman–Crippen MR) is 121 cm³/mol.